The van der Waals surface area contributed by atoms with Crippen LogP contribution in [0.1, 0.15) is 43.3 Å². The van der Waals surface area contributed by atoms with Gasteiger partial charge in [-0.1, -0.05) is 47.7 Å². The Kier molecular flexibility index (Phi) is 7.68. The lowest BCUT2D eigenvalue weighted by molar-refractivity contribution is -0.113. The number of hydrogen-bond acceptors (Lipinski definition) is 8. The molecule has 0 radical (unpaired) electrons. The van der Waals surface area contributed by atoms with Crippen LogP contribution in [0.2, 0.25) is 5.02 Å². The number of nitrogens with zero attached hydrogens (tertiary/aromatic N) is 5. The second kappa shape index (κ2) is 10.2. The van der Waals surface area contributed by atoms with Crippen molar-refractivity contribution in [3.8, 4) is 5.75 Å². The maximum absolute atomic E-state index is 12.2. The lowest BCUT2D eigenvalue weighted by Crippen LogP contribution is -2.15. The minimum atomic E-state index is -0.353. The topological polar surface area (TPSA) is 94.8 Å². The van der Waals surface area contributed by atoms with Gasteiger partial charge < -0.3 is 9.30 Å². The molecule has 3 rings (SSSR count). The molecule has 1 unspecified atom stereocenters. The van der Waals surface area contributed by atoms with Gasteiger partial charge in [0.15, 0.2) is 17.1 Å². The van der Waals surface area contributed by atoms with E-state index in [1.54, 1.807) is 0 Å². The van der Waals surface area contributed by atoms with Crippen molar-refractivity contribution in [3.05, 3.63) is 39.6 Å². The molecular formula is C19H23ClN6O2S2. The van der Waals surface area contributed by atoms with Crippen molar-refractivity contribution < 1.29 is 9.53 Å². The standard InChI is InChI=1S/C19H23ClN6O2S2/c1-5-16-22-24-18(30-16)21-15(27)10-29-19-25-23-17(26(19)6-2)12(4)28-14-9-11(3)7-8-13(14)20/h7-9,12H,5-6,10H2,1-4H3,(H,21,24,27). The zero-order chi connectivity index (χ0) is 21.7. The fourth-order valence-electron chi connectivity index (χ4n) is 2.68. The quantitative estimate of drug-likeness (QED) is 0.462. The van der Waals surface area contributed by atoms with E-state index in [2.05, 4.69) is 25.7 Å². The molecule has 160 valence electrons. The highest BCUT2D eigenvalue weighted by Gasteiger charge is 2.20. The molecule has 8 nitrogen and oxygen atoms in total. The summed E-state index contributed by atoms with van der Waals surface area (Å²) in [5, 5.41) is 21.8. The Balaban J connectivity index is 1.64. The zero-order valence-electron chi connectivity index (χ0n) is 17.2. The first kappa shape index (κ1) is 22.5. The second-order valence-corrected chi connectivity index (χ2v) is 8.88. The molecule has 0 saturated carbocycles. The Morgan fingerprint density at radius 3 is 2.80 bits per heavy atom. The van der Waals surface area contributed by atoms with E-state index < -0.39 is 0 Å². The predicted octanol–water partition coefficient (Wildman–Crippen LogP) is 4.54. The molecule has 0 saturated heterocycles. The van der Waals surface area contributed by atoms with Crippen molar-refractivity contribution in [3.63, 3.8) is 0 Å². The highest BCUT2D eigenvalue weighted by atomic mass is 35.5. The number of carbonyl (C=O) groups excluding carboxylic acids is 1. The van der Waals surface area contributed by atoms with Gasteiger partial charge in [-0.3, -0.25) is 10.1 Å². The molecule has 1 amide bonds. The Bertz CT molecular complexity index is 1020. The van der Waals surface area contributed by atoms with E-state index in [0.717, 1.165) is 17.0 Å². The normalized spacial score (nSPS) is 12.0. The Hall–Kier alpha value is -2.17. The molecule has 2 heterocycles. The molecule has 0 fully saturated rings. The van der Waals surface area contributed by atoms with Gasteiger partial charge in [0.2, 0.25) is 11.0 Å². The summed E-state index contributed by atoms with van der Waals surface area (Å²) in [4.78, 5) is 12.2. The van der Waals surface area contributed by atoms with Crippen LogP contribution in [-0.2, 0) is 17.8 Å². The van der Waals surface area contributed by atoms with Crippen LogP contribution in [0, 0.1) is 6.92 Å². The van der Waals surface area contributed by atoms with E-state index in [1.807, 2.05) is 50.5 Å². The number of rotatable bonds is 9. The Labute approximate surface area is 188 Å². The van der Waals surface area contributed by atoms with Gasteiger partial charge in [-0.2, -0.15) is 0 Å². The number of aryl methyl sites for hydroxylation is 2. The molecule has 0 aliphatic heterocycles. The van der Waals surface area contributed by atoms with Crippen LogP contribution in [0.4, 0.5) is 5.13 Å². The van der Waals surface area contributed by atoms with Crippen molar-refractivity contribution in [2.75, 3.05) is 11.1 Å². The van der Waals surface area contributed by atoms with Gasteiger partial charge in [0.25, 0.3) is 0 Å². The van der Waals surface area contributed by atoms with Gasteiger partial charge in [0.1, 0.15) is 10.8 Å². The van der Waals surface area contributed by atoms with Crippen LogP contribution in [0.15, 0.2) is 23.4 Å². The molecule has 1 N–H and O–H groups in total. The average molecular weight is 467 g/mol. The summed E-state index contributed by atoms with van der Waals surface area (Å²) in [5.74, 6) is 1.31. The van der Waals surface area contributed by atoms with Crippen LogP contribution >= 0.6 is 34.7 Å². The summed E-state index contributed by atoms with van der Waals surface area (Å²) < 4.78 is 7.96. The van der Waals surface area contributed by atoms with Gasteiger partial charge in [-0.15, -0.1) is 20.4 Å². The first-order valence-corrected chi connectivity index (χ1v) is 11.7. The van der Waals surface area contributed by atoms with Crippen molar-refractivity contribution in [1.82, 2.24) is 25.0 Å². The summed E-state index contributed by atoms with van der Waals surface area (Å²) in [6, 6.07) is 5.63. The van der Waals surface area contributed by atoms with Crippen LogP contribution in [0.3, 0.4) is 0 Å². The summed E-state index contributed by atoms with van der Waals surface area (Å²) in [6.07, 6.45) is 0.437. The minimum absolute atomic E-state index is 0.165. The lowest BCUT2D eigenvalue weighted by Gasteiger charge is -2.16. The highest BCUT2D eigenvalue weighted by molar-refractivity contribution is 7.99. The number of nitrogens with one attached hydrogen (secondary N) is 1. The number of carbonyl (C=O) groups is 1. The van der Waals surface area contributed by atoms with Crippen LogP contribution in [-0.4, -0.2) is 36.6 Å². The monoisotopic (exact) mass is 466 g/mol. The summed E-state index contributed by atoms with van der Waals surface area (Å²) in [7, 11) is 0. The second-order valence-electron chi connectivity index (χ2n) is 6.47. The fraction of sp³-hybridized carbons (Fsp3) is 0.421. The van der Waals surface area contributed by atoms with Crippen molar-refractivity contribution in [2.45, 2.75) is 51.9 Å². The van der Waals surface area contributed by atoms with Gasteiger partial charge in [0.05, 0.1) is 10.8 Å². The van der Waals surface area contributed by atoms with Crippen molar-refractivity contribution in [1.29, 1.82) is 0 Å². The van der Waals surface area contributed by atoms with E-state index in [9.17, 15) is 4.79 Å². The molecule has 0 aliphatic carbocycles. The third-order valence-electron chi connectivity index (χ3n) is 4.16. The number of halogens is 1. The third kappa shape index (κ3) is 5.50. The van der Waals surface area contributed by atoms with E-state index >= 15 is 0 Å². The van der Waals surface area contributed by atoms with E-state index in [0.29, 0.717) is 33.4 Å². The number of benzene rings is 1. The van der Waals surface area contributed by atoms with E-state index in [1.165, 1.54) is 23.1 Å². The zero-order valence-corrected chi connectivity index (χ0v) is 19.6. The summed E-state index contributed by atoms with van der Waals surface area (Å²) in [6.45, 7) is 8.52. The lowest BCUT2D eigenvalue weighted by atomic mass is 10.2. The smallest absolute Gasteiger partial charge is 0.236 e. The van der Waals surface area contributed by atoms with E-state index in [-0.39, 0.29) is 17.8 Å². The molecule has 1 aromatic carbocycles. The number of hydrogen-bond donors (Lipinski definition) is 1. The maximum atomic E-state index is 12.2. The molecule has 0 bridgehead atoms. The first-order valence-electron chi connectivity index (χ1n) is 9.52. The average Bonchev–Trinajstić information content (AvgIpc) is 3.35. The molecule has 30 heavy (non-hydrogen) atoms. The SMILES string of the molecule is CCc1nnc(NC(=O)CSc2nnc(C(C)Oc3cc(C)ccc3Cl)n2CC)s1. The largest absolute Gasteiger partial charge is 0.481 e. The molecule has 2 aromatic heterocycles. The fourth-order valence-corrected chi connectivity index (χ4v) is 4.35. The molecule has 1 atom stereocenters. The highest BCUT2D eigenvalue weighted by Crippen LogP contribution is 2.30. The number of ether oxygens (including phenoxy) is 1. The van der Waals surface area contributed by atoms with Crippen LogP contribution in [0.25, 0.3) is 0 Å². The van der Waals surface area contributed by atoms with Gasteiger partial charge in [0, 0.05) is 6.54 Å². The van der Waals surface area contributed by atoms with Gasteiger partial charge in [-0.05, 0) is 44.9 Å². The molecule has 11 heteroatoms. The number of anilines is 1. The van der Waals surface area contributed by atoms with Gasteiger partial charge >= 0.3 is 0 Å². The van der Waals surface area contributed by atoms with E-state index in [4.69, 9.17) is 16.3 Å². The summed E-state index contributed by atoms with van der Waals surface area (Å²) in [5.41, 5.74) is 1.06. The number of aromatic nitrogens is 5. The third-order valence-corrected chi connectivity index (χ3v) is 6.43. The number of amides is 1. The predicted molar refractivity (Wildman–Crippen MR) is 120 cm³/mol. The molecule has 3 aromatic rings. The number of thioether (sulfide) groups is 1. The first-order chi connectivity index (χ1) is 14.4. The maximum Gasteiger partial charge on any atom is 0.236 e. The molecular weight excluding hydrogens is 444 g/mol. The van der Waals surface area contributed by atoms with Crippen LogP contribution < -0.4 is 10.1 Å². The van der Waals surface area contributed by atoms with Crippen LogP contribution in [0.5, 0.6) is 5.75 Å². The van der Waals surface area contributed by atoms with Crippen molar-refractivity contribution in [2.24, 2.45) is 0 Å². The summed E-state index contributed by atoms with van der Waals surface area (Å²) >= 11 is 8.93. The molecule has 0 spiro atoms. The van der Waals surface area contributed by atoms with Crippen molar-refractivity contribution >= 4 is 45.7 Å². The van der Waals surface area contributed by atoms with Gasteiger partial charge in [-0.25, -0.2) is 0 Å². The Morgan fingerprint density at radius 1 is 1.30 bits per heavy atom. The Morgan fingerprint density at radius 2 is 2.10 bits per heavy atom. The molecule has 0 aliphatic rings. The minimum Gasteiger partial charge on any atom is -0.481 e.